The fourth-order valence-electron chi connectivity index (χ4n) is 7.10. The quantitative estimate of drug-likeness (QED) is 0.303. The number of esters is 1. The fourth-order valence-corrected chi connectivity index (χ4v) is 7.10. The number of carbonyl (C=O) groups excluding carboxylic acids is 3. The Morgan fingerprint density at radius 3 is 2.38 bits per heavy atom. The Labute approximate surface area is 231 Å². The average Bonchev–Trinajstić information content (AvgIpc) is 3.55. The van der Waals surface area contributed by atoms with Crippen LogP contribution in [-0.2, 0) is 23.9 Å². The van der Waals surface area contributed by atoms with Gasteiger partial charge in [-0.05, 0) is 70.7 Å². The molecule has 5 atom stereocenters. The smallest absolute Gasteiger partial charge is 0.312 e. The maximum atomic E-state index is 14.5. The van der Waals surface area contributed by atoms with Crippen LogP contribution >= 0.6 is 0 Å². The van der Waals surface area contributed by atoms with Crippen LogP contribution in [0.1, 0.15) is 53.4 Å². The Kier molecular flexibility index (Phi) is 8.71. The van der Waals surface area contributed by atoms with E-state index >= 15 is 0 Å². The van der Waals surface area contributed by atoms with E-state index in [2.05, 4.69) is 25.3 Å². The summed E-state index contributed by atoms with van der Waals surface area (Å²) in [5.74, 6) is -2.54. The summed E-state index contributed by atoms with van der Waals surface area (Å²) >= 11 is 0. The molecule has 3 saturated heterocycles. The Hall–Kier alpha value is -2.91. The van der Waals surface area contributed by atoms with Gasteiger partial charge in [0.1, 0.15) is 17.6 Å². The molecule has 2 unspecified atom stereocenters. The number of hydrogen-bond donors (Lipinski definition) is 1. The zero-order chi connectivity index (χ0) is 28.4. The van der Waals surface area contributed by atoms with Gasteiger partial charge in [-0.15, -0.1) is 6.58 Å². The number of amides is 2. The van der Waals surface area contributed by atoms with Crippen LogP contribution in [0.15, 0.2) is 36.9 Å². The van der Waals surface area contributed by atoms with Gasteiger partial charge < -0.3 is 29.3 Å². The number of likely N-dealkylation sites (tertiary alicyclic amines) is 1. The third-order valence-corrected chi connectivity index (χ3v) is 8.88. The van der Waals surface area contributed by atoms with E-state index < -0.39 is 35.0 Å². The lowest BCUT2D eigenvalue weighted by Crippen LogP contribution is -2.56. The number of aliphatic hydroxyl groups excluding tert-OH is 1. The van der Waals surface area contributed by atoms with Crippen molar-refractivity contribution in [3.63, 3.8) is 0 Å². The Morgan fingerprint density at radius 1 is 1.15 bits per heavy atom. The number of rotatable bonds is 13. The van der Waals surface area contributed by atoms with E-state index in [4.69, 9.17) is 9.47 Å². The van der Waals surface area contributed by atoms with Crippen molar-refractivity contribution in [3.05, 3.63) is 36.9 Å². The van der Waals surface area contributed by atoms with Crippen molar-refractivity contribution in [2.75, 3.05) is 49.2 Å². The number of hydrogen-bond acceptors (Lipinski definition) is 7. The molecule has 2 amide bonds. The van der Waals surface area contributed by atoms with Crippen LogP contribution in [0.2, 0.25) is 0 Å². The molecule has 0 saturated carbocycles. The first-order chi connectivity index (χ1) is 18.8. The molecule has 3 heterocycles. The van der Waals surface area contributed by atoms with Crippen molar-refractivity contribution in [1.82, 2.24) is 4.90 Å². The highest BCUT2D eigenvalue weighted by Gasteiger charge is 2.79. The SMILES string of the molecule is C=CCN(C(=O)C1N(CCCO)C(=O)[C@@H]2[C@@H](C(=O)OCC)[C@@]3(CC)CCC12O3)c1ccc(N(CC)CC)cc1. The van der Waals surface area contributed by atoms with Crippen molar-refractivity contribution in [2.45, 2.75) is 70.6 Å². The second kappa shape index (κ2) is 11.7. The molecule has 9 nitrogen and oxygen atoms in total. The van der Waals surface area contributed by atoms with Crippen molar-refractivity contribution in [3.8, 4) is 0 Å². The second-order valence-corrected chi connectivity index (χ2v) is 10.6. The summed E-state index contributed by atoms with van der Waals surface area (Å²) in [5.41, 5.74) is -0.195. The van der Waals surface area contributed by atoms with Crippen LogP contribution in [0.3, 0.4) is 0 Å². The standard InChI is InChI=1S/C30H43N3O6/c1-6-18-32(22-14-12-21(13-15-22)31(8-3)9-4)27(36)25-30-17-16-29(7-2,39-30)24(28(37)38-10-5)23(30)26(35)33(25)19-11-20-34/h6,12-15,23-25,34H,1,7-11,16-20H2,2-5H3/t23-,24-,25?,29+,30?/m0/s1. The Morgan fingerprint density at radius 2 is 1.82 bits per heavy atom. The average molecular weight is 542 g/mol. The number of anilines is 2. The lowest BCUT2D eigenvalue weighted by atomic mass is 9.65. The molecular formula is C30H43N3O6. The number of ether oxygens (including phenoxy) is 2. The molecular weight excluding hydrogens is 498 g/mol. The zero-order valence-corrected chi connectivity index (χ0v) is 23.7. The van der Waals surface area contributed by atoms with Crippen LogP contribution in [0.5, 0.6) is 0 Å². The van der Waals surface area contributed by atoms with E-state index in [9.17, 15) is 19.5 Å². The number of benzene rings is 1. The lowest BCUT2D eigenvalue weighted by Gasteiger charge is -2.37. The molecule has 1 spiro atoms. The minimum Gasteiger partial charge on any atom is -0.466 e. The van der Waals surface area contributed by atoms with E-state index in [1.165, 1.54) is 0 Å². The molecule has 3 aliphatic heterocycles. The molecule has 4 rings (SSSR count). The minimum atomic E-state index is -1.13. The van der Waals surface area contributed by atoms with Crippen molar-refractivity contribution in [1.29, 1.82) is 0 Å². The van der Waals surface area contributed by atoms with Gasteiger partial charge >= 0.3 is 5.97 Å². The van der Waals surface area contributed by atoms with Crippen molar-refractivity contribution < 1.29 is 29.0 Å². The monoisotopic (exact) mass is 541 g/mol. The topological polar surface area (TPSA) is 99.6 Å². The van der Waals surface area contributed by atoms with E-state index in [0.717, 1.165) is 18.8 Å². The number of aliphatic hydroxyl groups is 1. The highest BCUT2D eigenvalue weighted by molar-refractivity contribution is 6.05. The highest BCUT2D eigenvalue weighted by atomic mass is 16.6. The molecule has 0 aromatic heterocycles. The summed E-state index contributed by atoms with van der Waals surface area (Å²) in [7, 11) is 0. The van der Waals surface area contributed by atoms with Crippen molar-refractivity contribution >= 4 is 29.2 Å². The summed E-state index contributed by atoms with van der Waals surface area (Å²) in [6.07, 6.45) is 3.61. The van der Waals surface area contributed by atoms with Gasteiger partial charge in [-0.1, -0.05) is 13.0 Å². The van der Waals surface area contributed by atoms with E-state index in [-0.39, 0.29) is 38.1 Å². The van der Waals surface area contributed by atoms with Crippen LogP contribution in [0, 0.1) is 11.8 Å². The van der Waals surface area contributed by atoms with Crippen LogP contribution in [0.4, 0.5) is 11.4 Å². The van der Waals surface area contributed by atoms with Gasteiger partial charge in [0.05, 0.1) is 18.1 Å². The molecule has 3 fully saturated rings. The van der Waals surface area contributed by atoms with Crippen LogP contribution in [-0.4, -0.2) is 84.4 Å². The molecule has 1 N–H and O–H groups in total. The first kappa shape index (κ1) is 29.1. The molecule has 0 aliphatic carbocycles. The van der Waals surface area contributed by atoms with E-state index in [1.54, 1.807) is 22.8 Å². The van der Waals surface area contributed by atoms with Gasteiger partial charge in [0.25, 0.3) is 5.91 Å². The summed E-state index contributed by atoms with van der Waals surface area (Å²) in [4.78, 5) is 47.2. The Bertz CT molecular complexity index is 1070. The van der Waals surface area contributed by atoms with Gasteiger partial charge in [-0.25, -0.2) is 0 Å². The van der Waals surface area contributed by atoms with Gasteiger partial charge in [0.2, 0.25) is 5.91 Å². The summed E-state index contributed by atoms with van der Waals surface area (Å²) < 4.78 is 12.2. The molecule has 39 heavy (non-hydrogen) atoms. The maximum absolute atomic E-state index is 14.5. The number of fused-ring (bicyclic) bond motifs is 1. The summed E-state index contributed by atoms with van der Waals surface area (Å²) in [5, 5.41) is 9.59. The minimum absolute atomic E-state index is 0.118. The molecule has 2 bridgehead atoms. The largest absolute Gasteiger partial charge is 0.466 e. The Balaban J connectivity index is 1.76. The first-order valence-electron chi connectivity index (χ1n) is 14.3. The number of nitrogens with zero attached hydrogens (tertiary/aromatic N) is 3. The molecule has 9 heteroatoms. The lowest BCUT2D eigenvalue weighted by molar-refractivity contribution is -0.160. The molecule has 3 aliphatic rings. The molecule has 214 valence electrons. The van der Waals surface area contributed by atoms with Gasteiger partial charge in [-0.2, -0.15) is 0 Å². The second-order valence-electron chi connectivity index (χ2n) is 10.6. The van der Waals surface area contributed by atoms with Gasteiger partial charge in [0, 0.05) is 44.2 Å². The number of carbonyl (C=O) groups is 3. The highest BCUT2D eigenvalue weighted by Crippen LogP contribution is 2.64. The molecule has 1 aromatic rings. The van der Waals surface area contributed by atoms with Crippen molar-refractivity contribution in [2.24, 2.45) is 11.8 Å². The fraction of sp³-hybridized carbons (Fsp3) is 0.633. The molecule has 0 radical (unpaired) electrons. The molecule has 1 aromatic carbocycles. The predicted octanol–water partition coefficient (Wildman–Crippen LogP) is 3.15. The maximum Gasteiger partial charge on any atom is 0.312 e. The zero-order valence-electron chi connectivity index (χ0n) is 23.7. The van der Waals surface area contributed by atoms with Crippen LogP contribution < -0.4 is 9.80 Å². The van der Waals surface area contributed by atoms with Gasteiger partial charge in [0.15, 0.2) is 0 Å². The summed E-state index contributed by atoms with van der Waals surface area (Å²) in [6, 6.07) is 6.91. The van der Waals surface area contributed by atoms with Crippen LogP contribution in [0.25, 0.3) is 0 Å². The van der Waals surface area contributed by atoms with Gasteiger partial charge in [-0.3, -0.25) is 14.4 Å². The van der Waals surface area contributed by atoms with E-state index in [0.29, 0.717) is 31.4 Å². The third-order valence-electron chi connectivity index (χ3n) is 8.88. The first-order valence-corrected chi connectivity index (χ1v) is 14.3. The third kappa shape index (κ3) is 4.63. The predicted molar refractivity (Wildman–Crippen MR) is 149 cm³/mol. The van der Waals surface area contributed by atoms with E-state index in [1.807, 2.05) is 31.2 Å². The normalized spacial score (nSPS) is 28.9. The summed E-state index contributed by atoms with van der Waals surface area (Å²) in [6.45, 7) is 14.1.